The third-order valence-corrected chi connectivity index (χ3v) is 10.6. The largest absolute Gasteiger partial charge is 0.456 e. The number of fused-ring (bicyclic) bond motifs is 9. The first-order valence-corrected chi connectivity index (χ1v) is 18.5. The minimum atomic E-state index is -0.175. The summed E-state index contributed by atoms with van der Waals surface area (Å²) in [4.78, 5) is 14.8. The Kier molecular flexibility index (Phi) is 5.64. The fraction of sp³-hybridized carbons (Fsp3) is 0. The molecule has 4 aromatic heterocycles. The standard InChI is InChI=1S/C51H30N4O2/c1-3-13-31(14-4-1)49-52-50(32-15-5-2-6-16-32)54-51(53-49)34-23-25-39-42-30-35(55-43-20-10-7-17-36(43)37-18-8-11-21-44(37)55)29-40(48(42)57-47(39)28-34)33-24-26-46-41(27-33)38-19-9-12-22-45(38)56-46/h1-30H/i7D,8D,17D,18D,20D,21D. The van der Waals surface area contributed by atoms with Crippen LogP contribution in [0.15, 0.2) is 191 Å². The average molecular weight is 737 g/mol. The molecule has 266 valence electrons. The van der Waals surface area contributed by atoms with Crippen molar-refractivity contribution in [1.29, 1.82) is 0 Å². The molecule has 0 fully saturated rings. The number of hydrogen-bond acceptors (Lipinski definition) is 5. The topological polar surface area (TPSA) is 69.9 Å². The van der Waals surface area contributed by atoms with E-state index in [0.717, 1.165) is 55.0 Å². The second-order valence-corrected chi connectivity index (χ2v) is 13.9. The van der Waals surface area contributed by atoms with E-state index in [0.29, 0.717) is 39.9 Å². The van der Waals surface area contributed by atoms with Crippen molar-refractivity contribution in [2.24, 2.45) is 0 Å². The predicted octanol–water partition coefficient (Wildman–Crippen LogP) is 13.4. The van der Waals surface area contributed by atoms with E-state index in [1.165, 1.54) is 12.1 Å². The molecule has 0 atom stereocenters. The fourth-order valence-electron chi connectivity index (χ4n) is 7.95. The SMILES string of the molecule is [2H]c1cc([2H])c2c(c1[2H])c1c([2H])c([2H])cc([2H])c1n2-c1cc(-c2ccc3oc4ccccc4c3c2)c2oc3cc(-c4nc(-c5ccccc5)nc(-c5ccccc5)n4)ccc3c2c1. The van der Waals surface area contributed by atoms with Crippen LogP contribution >= 0.6 is 0 Å². The summed E-state index contributed by atoms with van der Waals surface area (Å²) in [6, 6.07) is 45.0. The van der Waals surface area contributed by atoms with Crippen molar-refractivity contribution in [3.05, 3.63) is 182 Å². The Bertz CT molecular complexity index is 3750. The third kappa shape index (κ3) is 5.01. The second kappa shape index (κ2) is 12.3. The molecule has 0 aliphatic rings. The van der Waals surface area contributed by atoms with E-state index in [2.05, 4.69) is 6.07 Å². The Labute approximate surface area is 334 Å². The van der Waals surface area contributed by atoms with Gasteiger partial charge in [0.25, 0.3) is 0 Å². The molecule has 0 saturated heterocycles. The molecule has 0 unspecified atom stereocenters. The van der Waals surface area contributed by atoms with E-state index in [9.17, 15) is 0 Å². The molecular formula is C51H30N4O2. The van der Waals surface area contributed by atoms with Crippen molar-refractivity contribution >= 4 is 65.7 Å². The highest BCUT2D eigenvalue weighted by Gasteiger charge is 2.21. The van der Waals surface area contributed by atoms with Crippen LogP contribution in [0.1, 0.15) is 8.22 Å². The lowest BCUT2D eigenvalue weighted by molar-refractivity contribution is 0.668. The Hall–Kier alpha value is -7.83. The van der Waals surface area contributed by atoms with Crippen LogP contribution in [0.2, 0.25) is 0 Å². The van der Waals surface area contributed by atoms with E-state index >= 15 is 0 Å². The molecular weight excluding hydrogens is 701 g/mol. The lowest BCUT2D eigenvalue weighted by Gasteiger charge is -2.12. The molecule has 0 aliphatic heterocycles. The minimum absolute atomic E-state index is 0.0377. The van der Waals surface area contributed by atoms with Gasteiger partial charge >= 0.3 is 0 Å². The molecule has 0 radical (unpaired) electrons. The van der Waals surface area contributed by atoms with Crippen LogP contribution in [0.3, 0.4) is 0 Å². The molecule has 0 spiro atoms. The highest BCUT2D eigenvalue weighted by molar-refractivity contribution is 6.14. The van der Waals surface area contributed by atoms with Gasteiger partial charge in [-0.05, 0) is 60.1 Å². The smallest absolute Gasteiger partial charge is 0.164 e. The normalized spacial score (nSPS) is 13.3. The molecule has 6 nitrogen and oxygen atoms in total. The predicted molar refractivity (Wildman–Crippen MR) is 230 cm³/mol. The van der Waals surface area contributed by atoms with Crippen molar-refractivity contribution in [2.75, 3.05) is 0 Å². The summed E-state index contributed by atoms with van der Waals surface area (Å²) < 4.78 is 68.2. The van der Waals surface area contributed by atoms with Gasteiger partial charge in [0.1, 0.15) is 22.3 Å². The van der Waals surface area contributed by atoms with Crippen LogP contribution in [-0.2, 0) is 0 Å². The van der Waals surface area contributed by atoms with Gasteiger partial charge in [-0.1, -0.05) is 127 Å². The van der Waals surface area contributed by atoms with Gasteiger partial charge in [0, 0.05) is 60.3 Å². The van der Waals surface area contributed by atoms with Crippen LogP contribution < -0.4 is 0 Å². The number of benzene rings is 8. The van der Waals surface area contributed by atoms with Crippen molar-refractivity contribution < 1.29 is 17.1 Å². The van der Waals surface area contributed by atoms with Crippen molar-refractivity contribution in [3.63, 3.8) is 0 Å². The molecule has 6 heteroatoms. The van der Waals surface area contributed by atoms with Crippen LogP contribution in [0.25, 0.3) is 117 Å². The number of furan rings is 2. The van der Waals surface area contributed by atoms with Gasteiger partial charge in [-0.15, -0.1) is 0 Å². The van der Waals surface area contributed by atoms with Crippen LogP contribution in [0, 0.1) is 0 Å². The monoisotopic (exact) mass is 736 g/mol. The molecule has 0 aliphatic carbocycles. The fourth-order valence-corrected chi connectivity index (χ4v) is 7.95. The van der Waals surface area contributed by atoms with Gasteiger partial charge in [-0.2, -0.15) is 0 Å². The zero-order valence-electron chi connectivity index (χ0n) is 36.0. The van der Waals surface area contributed by atoms with Crippen LogP contribution in [-0.4, -0.2) is 19.5 Å². The summed E-state index contributed by atoms with van der Waals surface area (Å²) in [5.41, 5.74) is 7.71. The molecule has 8 aromatic carbocycles. The summed E-state index contributed by atoms with van der Waals surface area (Å²) in [5, 5.41) is 3.78. The summed E-state index contributed by atoms with van der Waals surface area (Å²) in [6.07, 6.45) is 0. The first kappa shape index (κ1) is 26.1. The van der Waals surface area contributed by atoms with E-state index in [4.69, 9.17) is 32.0 Å². The molecule has 0 N–H and O–H groups in total. The molecule has 57 heavy (non-hydrogen) atoms. The summed E-state index contributed by atoms with van der Waals surface area (Å²) >= 11 is 0. The van der Waals surface area contributed by atoms with Gasteiger partial charge in [0.2, 0.25) is 0 Å². The van der Waals surface area contributed by atoms with E-state index in [-0.39, 0.29) is 58.1 Å². The van der Waals surface area contributed by atoms with Crippen molar-refractivity contribution in [1.82, 2.24) is 19.5 Å². The first-order chi connectivity index (χ1) is 30.7. The first-order valence-electron chi connectivity index (χ1n) is 21.5. The Morgan fingerprint density at radius 3 is 1.70 bits per heavy atom. The Morgan fingerprint density at radius 1 is 0.404 bits per heavy atom. The summed E-state index contributed by atoms with van der Waals surface area (Å²) in [6.45, 7) is 0. The number of rotatable bonds is 5. The van der Waals surface area contributed by atoms with Crippen LogP contribution in [0.4, 0.5) is 0 Å². The lowest BCUT2D eigenvalue weighted by Crippen LogP contribution is -2.00. The Balaban J connectivity index is 1.15. The zero-order chi connectivity index (χ0) is 42.7. The van der Waals surface area contributed by atoms with Crippen molar-refractivity contribution in [3.8, 4) is 51.0 Å². The van der Waals surface area contributed by atoms with Crippen molar-refractivity contribution in [2.45, 2.75) is 0 Å². The van der Waals surface area contributed by atoms with Gasteiger partial charge in [0.05, 0.1) is 19.3 Å². The van der Waals surface area contributed by atoms with Gasteiger partial charge in [0.15, 0.2) is 17.5 Å². The highest BCUT2D eigenvalue weighted by atomic mass is 16.3. The maximum absolute atomic E-state index is 9.16. The lowest BCUT2D eigenvalue weighted by atomic mass is 9.99. The van der Waals surface area contributed by atoms with Crippen LogP contribution in [0.5, 0.6) is 0 Å². The summed E-state index contributed by atoms with van der Waals surface area (Å²) in [5.74, 6) is 1.54. The number of para-hydroxylation sites is 3. The zero-order valence-corrected chi connectivity index (χ0v) is 30.0. The molecule has 12 aromatic rings. The number of nitrogens with zero attached hydrogens (tertiary/aromatic N) is 4. The second-order valence-electron chi connectivity index (χ2n) is 13.9. The minimum Gasteiger partial charge on any atom is -0.456 e. The number of aromatic nitrogens is 4. The van der Waals surface area contributed by atoms with E-state index in [1.807, 2.05) is 127 Å². The van der Waals surface area contributed by atoms with E-state index in [1.54, 1.807) is 4.57 Å². The third-order valence-electron chi connectivity index (χ3n) is 10.6. The molecule has 0 saturated carbocycles. The number of hydrogen-bond donors (Lipinski definition) is 0. The van der Waals surface area contributed by atoms with Gasteiger partial charge in [-0.3, -0.25) is 0 Å². The molecule has 4 heterocycles. The maximum atomic E-state index is 9.16. The van der Waals surface area contributed by atoms with Gasteiger partial charge < -0.3 is 13.4 Å². The molecule has 0 amide bonds. The average Bonchev–Trinajstić information content (AvgIpc) is 4.00. The summed E-state index contributed by atoms with van der Waals surface area (Å²) in [7, 11) is 0. The molecule has 0 bridgehead atoms. The van der Waals surface area contributed by atoms with E-state index < -0.39 is 0 Å². The molecule has 12 rings (SSSR count). The Morgan fingerprint density at radius 2 is 1.00 bits per heavy atom. The maximum Gasteiger partial charge on any atom is 0.164 e. The quantitative estimate of drug-likeness (QED) is 0.176. The highest BCUT2D eigenvalue weighted by Crippen LogP contribution is 2.43. The van der Waals surface area contributed by atoms with Gasteiger partial charge in [-0.25, -0.2) is 15.0 Å².